The molecular formula is C16H22N6. The molecule has 1 aliphatic rings. The number of aryl methyl sites for hydroxylation is 1. The number of aromatic nitrogens is 3. The van der Waals surface area contributed by atoms with E-state index in [1.165, 1.54) is 11.1 Å². The van der Waals surface area contributed by atoms with Gasteiger partial charge >= 0.3 is 0 Å². The van der Waals surface area contributed by atoms with Crippen LogP contribution in [0, 0.1) is 6.92 Å². The molecule has 2 heterocycles. The molecule has 1 aliphatic carbocycles. The third-order valence-electron chi connectivity index (χ3n) is 4.28. The Labute approximate surface area is 130 Å². The van der Waals surface area contributed by atoms with E-state index in [0.29, 0.717) is 17.9 Å². The van der Waals surface area contributed by atoms with Crippen molar-refractivity contribution in [1.29, 1.82) is 0 Å². The summed E-state index contributed by atoms with van der Waals surface area (Å²) in [6.45, 7) is 2.82. The quantitative estimate of drug-likeness (QED) is 0.890. The minimum atomic E-state index is 0.293. The lowest BCUT2D eigenvalue weighted by molar-refractivity contribution is 0.345. The van der Waals surface area contributed by atoms with Gasteiger partial charge in [0.2, 0.25) is 5.95 Å². The van der Waals surface area contributed by atoms with E-state index in [4.69, 9.17) is 11.5 Å². The third kappa shape index (κ3) is 3.01. The van der Waals surface area contributed by atoms with Gasteiger partial charge in [-0.2, -0.15) is 4.98 Å². The Morgan fingerprint density at radius 3 is 2.77 bits per heavy atom. The summed E-state index contributed by atoms with van der Waals surface area (Å²) in [6, 6.07) is 4.35. The van der Waals surface area contributed by atoms with E-state index in [2.05, 4.69) is 26.8 Å². The maximum atomic E-state index is 5.88. The highest BCUT2D eigenvalue weighted by Crippen LogP contribution is 2.35. The van der Waals surface area contributed by atoms with E-state index in [-0.39, 0.29) is 0 Å². The molecule has 0 saturated heterocycles. The van der Waals surface area contributed by atoms with Crippen LogP contribution in [0.5, 0.6) is 0 Å². The Hall–Kier alpha value is -2.21. The van der Waals surface area contributed by atoms with Gasteiger partial charge < -0.3 is 16.4 Å². The smallest absolute Gasteiger partial charge is 0.222 e. The highest BCUT2D eigenvalue weighted by molar-refractivity contribution is 5.45. The predicted molar refractivity (Wildman–Crippen MR) is 87.5 cm³/mol. The van der Waals surface area contributed by atoms with Crippen molar-refractivity contribution in [2.45, 2.75) is 38.3 Å². The Morgan fingerprint density at radius 2 is 2.09 bits per heavy atom. The second-order valence-corrected chi connectivity index (χ2v) is 6.10. The van der Waals surface area contributed by atoms with E-state index in [0.717, 1.165) is 30.9 Å². The van der Waals surface area contributed by atoms with Crippen molar-refractivity contribution in [2.75, 3.05) is 17.7 Å². The summed E-state index contributed by atoms with van der Waals surface area (Å²) >= 11 is 0. The number of hydrogen-bond donors (Lipinski definition) is 2. The minimum Gasteiger partial charge on any atom is -0.368 e. The molecule has 6 heteroatoms. The summed E-state index contributed by atoms with van der Waals surface area (Å²) in [6.07, 6.45) is 5.64. The van der Waals surface area contributed by atoms with Gasteiger partial charge in [0.15, 0.2) is 0 Å². The average molecular weight is 298 g/mol. The summed E-state index contributed by atoms with van der Waals surface area (Å²) in [5.74, 6) is 1.58. The number of nitrogen functional groups attached to an aromatic ring is 1. The van der Waals surface area contributed by atoms with E-state index in [1.807, 2.05) is 31.6 Å². The van der Waals surface area contributed by atoms with Crippen LogP contribution in [0.3, 0.4) is 0 Å². The molecule has 0 aliphatic heterocycles. The van der Waals surface area contributed by atoms with Crippen molar-refractivity contribution in [3.63, 3.8) is 0 Å². The molecule has 0 amide bonds. The van der Waals surface area contributed by atoms with Gasteiger partial charge in [-0.05, 0) is 37.0 Å². The molecule has 1 saturated carbocycles. The zero-order valence-electron chi connectivity index (χ0n) is 13.0. The van der Waals surface area contributed by atoms with Crippen LogP contribution in [-0.2, 0) is 6.54 Å². The lowest BCUT2D eigenvalue weighted by Crippen LogP contribution is -2.35. The van der Waals surface area contributed by atoms with Crippen LogP contribution in [0.4, 0.5) is 11.8 Å². The monoisotopic (exact) mass is 298 g/mol. The Morgan fingerprint density at radius 1 is 1.32 bits per heavy atom. The van der Waals surface area contributed by atoms with Crippen LogP contribution in [0.1, 0.15) is 35.6 Å². The number of nitrogens with zero attached hydrogens (tertiary/aromatic N) is 4. The first-order chi connectivity index (χ1) is 10.5. The number of rotatable bonds is 4. The molecule has 2 aromatic rings. The van der Waals surface area contributed by atoms with E-state index in [9.17, 15) is 0 Å². The highest BCUT2D eigenvalue weighted by atomic mass is 15.2. The lowest BCUT2D eigenvalue weighted by Gasteiger charge is -2.32. The van der Waals surface area contributed by atoms with Crippen LogP contribution >= 0.6 is 0 Å². The van der Waals surface area contributed by atoms with E-state index >= 15 is 0 Å². The summed E-state index contributed by atoms with van der Waals surface area (Å²) in [4.78, 5) is 14.9. The molecule has 0 radical (unpaired) electrons. The van der Waals surface area contributed by atoms with Crippen LogP contribution in [0.2, 0.25) is 0 Å². The topological polar surface area (TPSA) is 94.0 Å². The summed E-state index contributed by atoms with van der Waals surface area (Å²) in [5.41, 5.74) is 15.1. The Bertz CT molecular complexity index is 665. The highest BCUT2D eigenvalue weighted by Gasteiger charge is 2.29. The van der Waals surface area contributed by atoms with Gasteiger partial charge in [0, 0.05) is 44.0 Å². The lowest BCUT2D eigenvalue weighted by atomic mass is 9.78. The van der Waals surface area contributed by atoms with E-state index in [1.54, 1.807) is 0 Å². The molecular weight excluding hydrogens is 276 g/mol. The molecule has 22 heavy (non-hydrogen) atoms. The first kappa shape index (κ1) is 14.7. The van der Waals surface area contributed by atoms with Crippen molar-refractivity contribution in [3.8, 4) is 0 Å². The van der Waals surface area contributed by atoms with Gasteiger partial charge in [0.25, 0.3) is 0 Å². The van der Waals surface area contributed by atoms with Crippen molar-refractivity contribution in [3.05, 3.63) is 41.3 Å². The molecule has 0 atom stereocenters. The number of pyridine rings is 1. The number of nitrogens with two attached hydrogens (primary N) is 2. The van der Waals surface area contributed by atoms with Gasteiger partial charge in [0.05, 0.1) is 5.69 Å². The maximum absolute atomic E-state index is 5.88. The van der Waals surface area contributed by atoms with Gasteiger partial charge in [-0.3, -0.25) is 4.98 Å². The fourth-order valence-electron chi connectivity index (χ4n) is 2.80. The molecule has 116 valence electrons. The normalized spacial score (nSPS) is 20.5. The molecule has 4 N–H and O–H groups in total. The van der Waals surface area contributed by atoms with Gasteiger partial charge in [-0.1, -0.05) is 0 Å². The standard InChI is InChI=1S/C16H22N6/c1-10-8-19-4-3-11(10)9-22(2)15-7-14(20-16(18)21-15)12-5-13(17)6-12/h3-4,7-8,12-13H,5-6,9,17H2,1-2H3,(H2,18,20,21). The molecule has 6 nitrogen and oxygen atoms in total. The second-order valence-electron chi connectivity index (χ2n) is 6.10. The zero-order valence-corrected chi connectivity index (χ0v) is 13.0. The first-order valence-electron chi connectivity index (χ1n) is 7.53. The molecule has 0 aromatic carbocycles. The van der Waals surface area contributed by atoms with Crippen LogP contribution in [0.25, 0.3) is 0 Å². The van der Waals surface area contributed by atoms with Crippen molar-refractivity contribution in [2.24, 2.45) is 5.73 Å². The average Bonchev–Trinajstić information content (AvgIpc) is 2.45. The summed E-state index contributed by atoms with van der Waals surface area (Å²) in [5, 5.41) is 0. The molecule has 2 aromatic heterocycles. The third-order valence-corrected chi connectivity index (χ3v) is 4.28. The molecule has 0 bridgehead atoms. The molecule has 3 rings (SSSR count). The maximum Gasteiger partial charge on any atom is 0.222 e. The van der Waals surface area contributed by atoms with Crippen LogP contribution < -0.4 is 16.4 Å². The van der Waals surface area contributed by atoms with Gasteiger partial charge in [0.1, 0.15) is 5.82 Å². The van der Waals surface area contributed by atoms with E-state index < -0.39 is 0 Å². The fourth-order valence-corrected chi connectivity index (χ4v) is 2.80. The second kappa shape index (κ2) is 5.88. The number of hydrogen-bond acceptors (Lipinski definition) is 6. The zero-order chi connectivity index (χ0) is 15.7. The van der Waals surface area contributed by atoms with Gasteiger partial charge in [-0.15, -0.1) is 0 Å². The number of anilines is 2. The summed E-state index contributed by atoms with van der Waals surface area (Å²) in [7, 11) is 2.01. The fraction of sp³-hybridized carbons (Fsp3) is 0.438. The SMILES string of the molecule is Cc1cnccc1CN(C)c1cc(C2CC(N)C2)nc(N)n1. The first-order valence-corrected chi connectivity index (χ1v) is 7.53. The van der Waals surface area contributed by atoms with Crippen LogP contribution in [0.15, 0.2) is 24.5 Å². The van der Waals surface area contributed by atoms with Gasteiger partial charge in [-0.25, -0.2) is 4.98 Å². The predicted octanol–water partition coefficient (Wildman–Crippen LogP) is 1.60. The Kier molecular flexibility index (Phi) is 3.94. The largest absolute Gasteiger partial charge is 0.368 e. The summed E-state index contributed by atoms with van der Waals surface area (Å²) < 4.78 is 0. The minimum absolute atomic E-state index is 0.293. The Balaban J connectivity index is 1.80. The van der Waals surface area contributed by atoms with Crippen molar-refractivity contribution < 1.29 is 0 Å². The molecule has 0 spiro atoms. The molecule has 1 fully saturated rings. The van der Waals surface area contributed by atoms with Crippen LogP contribution in [-0.4, -0.2) is 28.0 Å². The van der Waals surface area contributed by atoms with Crippen molar-refractivity contribution >= 4 is 11.8 Å². The van der Waals surface area contributed by atoms with Crippen molar-refractivity contribution in [1.82, 2.24) is 15.0 Å². The molecule has 0 unspecified atom stereocenters.